The zero-order valence-electron chi connectivity index (χ0n) is 12.0. The summed E-state index contributed by atoms with van der Waals surface area (Å²) in [5, 5.41) is 3.56. The number of aryl methyl sites for hydroxylation is 1. The van der Waals surface area contributed by atoms with Crippen molar-refractivity contribution in [3.63, 3.8) is 0 Å². The van der Waals surface area contributed by atoms with Gasteiger partial charge >= 0.3 is 5.97 Å². The highest BCUT2D eigenvalue weighted by Gasteiger charge is 2.21. The Balaban J connectivity index is 2.17. The predicted octanol–water partition coefficient (Wildman–Crippen LogP) is 2.45. The highest BCUT2D eigenvalue weighted by Crippen LogP contribution is 2.24. The summed E-state index contributed by atoms with van der Waals surface area (Å²) in [6, 6.07) is 5.72. The molecular formula is C14H15N3O3S. The van der Waals surface area contributed by atoms with Crippen LogP contribution in [0.4, 0.5) is 5.13 Å². The summed E-state index contributed by atoms with van der Waals surface area (Å²) in [5.41, 5.74) is 1.83. The third-order valence-corrected chi connectivity index (χ3v) is 3.81. The Hall–Kier alpha value is -2.28. The van der Waals surface area contributed by atoms with Crippen LogP contribution in [0.3, 0.4) is 0 Å². The Morgan fingerprint density at radius 3 is 2.71 bits per heavy atom. The van der Waals surface area contributed by atoms with Crippen LogP contribution in [0.2, 0.25) is 0 Å². The quantitative estimate of drug-likeness (QED) is 0.675. The summed E-state index contributed by atoms with van der Waals surface area (Å²) in [7, 11) is 1.26. The number of carbonyl (C=O) groups is 2. The number of rotatable bonds is 5. The molecule has 2 heterocycles. The van der Waals surface area contributed by atoms with Crippen LogP contribution in [0, 0.1) is 6.92 Å². The molecule has 0 aromatic carbocycles. The van der Waals surface area contributed by atoms with Gasteiger partial charge in [-0.15, -0.1) is 0 Å². The molecule has 0 spiro atoms. The molecule has 1 N–H and O–H groups in total. The van der Waals surface area contributed by atoms with Crippen LogP contribution in [-0.4, -0.2) is 28.8 Å². The van der Waals surface area contributed by atoms with E-state index < -0.39 is 5.97 Å². The highest BCUT2D eigenvalue weighted by molar-refractivity contribution is 7.17. The first-order valence-electron chi connectivity index (χ1n) is 6.27. The summed E-state index contributed by atoms with van der Waals surface area (Å²) in [6.07, 6.45) is 0. The van der Waals surface area contributed by atoms with E-state index in [2.05, 4.69) is 20.0 Å². The minimum atomic E-state index is -0.613. The normalized spacial score (nSPS) is 10.2. The van der Waals surface area contributed by atoms with E-state index in [0.29, 0.717) is 16.6 Å². The molecule has 6 nitrogen and oxygen atoms in total. The number of ether oxygens (including phenoxy) is 1. The van der Waals surface area contributed by atoms with E-state index in [1.807, 2.05) is 25.1 Å². The van der Waals surface area contributed by atoms with Gasteiger partial charge in [-0.25, -0.2) is 9.78 Å². The largest absolute Gasteiger partial charge is 0.464 e. The lowest BCUT2D eigenvalue weighted by atomic mass is 10.3. The highest BCUT2D eigenvalue weighted by atomic mass is 32.1. The average Bonchev–Trinajstić information content (AvgIpc) is 2.89. The molecule has 0 radical (unpaired) electrons. The number of Topliss-reactive ketones (excluding diaryl/α,β-unsaturated/α-hetero) is 1. The van der Waals surface area contributed by atoms with Gasteiger partial charge in [-0.2, -0.15) is 0 Å². The molecule has 7 heteroatoms. The minimum absolute atomic E-state index is 0.0506. The van der Waals surface area contributed by atoms with Crippen molar-refractivity contribution in [1.82, 2.24) is 9.97 Å². The fourth-order valence-electron chi connectivity index (χ4n) is 1.73. The minimum Gasteiger partial charge on any atom is -0.464 e. The van der Waals surface area contributed by atoms with Gasteiger partial charge < -0.3 is 10.1 Å². The lowest BCUT2D eigenvalue weighted by Gasteiger charge is -2.02. The van der Waals surface area contributed by atoms with E-state index in [1.165, 1.54) is 14.0 Å². The van der Waals surface area contributed by atoms with Crippen LogP contribution >= 0.6 is 11.3 Å². The van der Waals surface area contributed by atoms with E-state index in [-0.39, 0.29) is 11.5 Å². The molecule has 21 heavy (non-hydrogen) atoms. The number of hydrogen-bond donors (Lipinski definition) is 1. The van der Waals surface area contributed by atoms with Gasteiger partial charge in [0.1, 0.15) is 4.88 Å². The third kappa shape index (κ3) is 3.63. The van der Waals surface area contributed by atoms with Gasteiger partial charge in [0.2, 0.25) is 0 Å². The number of ketones is 1. The van der Waals surface area contributed by atoms with E-state index in [9.17, 15) is 9.59 Å². The van der Waals surface area contributed by atoms with Crippen molar-refractivity contribution in [2.45, 2.75) is 20.4 Å². The van der Waals surface area contributed by atoms with Gasteiger partial charge in [0.05, 0.1) is 19.3 Å². The van der Waals surface area contributed by atoms with Gasteiger partial charge in [0.15, 0.2) is 16.6 Å². The first-order chi connectivity index (χ1) is 10.0. The number of anilines is 1. The molecule has 2 rings (SSSR count). The standard InChI is InChI=1S/C14H15N3O3S/c1-8-5-4-6-10(16-8)7-15-14-17-11(13(19)20-3)12(21-14)9(2)18/h4-6H,7H2,1-3H3,(H,15,17). The summed E-state index contributed by atoms with van der Waals surface area (Å²) in [4.78, 5) is 31.9. The van der Waals surface area contributed by atoms with E-state index in [4.69, 9.17) is 0 Å². The van der Waals surface area contributed by atoms with Gasteiger partial charge in [0, 0.05) is 12.6 Å². The van der Waals surface area contributed by atoms with Crippen LogP contribution in [0.5, 0.6) is 0 Å². The lowest BCUT2D eigenvalue weighted by molar-refractivity contribution is 0.0591. The molecule has 2 aromatic rings. The number of esters is 1. The topological polar surface area (TPSA) is 81.2 Å². The number of hydrogen-bond acceptors (Lipinski definition) is 7. The summed E-state index contributed by atoms with van der Waals surface area (Å²) >= 11 is 1.13. The SMILES string of the molecule is COC(=O)c1nc(NCc2cccc(C)n2)sc1C(C)=O. The molecule has 0 aliphatic carbocycles. The van der Waals surface area contributed by atoms with Crippen molar-refractivity contribution in [2.24, 2.45) is 0 Å². The molecule has 0 saturated carbocycles. The fourth-order valence-corrected chi connectivity index (χ4v) is 2.58. The van der Waals surface area contributed by atoms with Gasteiger partial charge in [0.25, 0.3) is 0 Å². The van der Waals surface area contributed by atoms with Crippen molar-refractivity contribution in [2.75, 3.05) is 12.4 Å². The Morgan fingerprint density at radius 2 is 2.10 bits per heavy atom. The summed E-state index contributed by atoms with van der Waals surface area (Å²) < 4.78 is 4.63. The zero-order chi connectivity index (χ0) is 15.4. The van der Waals surface area contributed by atoms with Gasteiger partial charge in [-0.05, 0) is 19.1 Å². The number of nitrogens with one attached hydrogen (secondary N) is 1. The van der Waals surface area contributed by atoms with E-state index in [1.54, 1.807) is 0 Å². The maximum Gasteiger partial charge on any atom is 0.358 e. The van der Waals surface area contributed by atoms with Crippen molar-refractivity contribution < 1.29 is 14.3 Å². The monoisotopic (exact) mass is 305 g/mol. The molecule has 2 aromatic heterocycles. The fraction of sp³-hybridized carbons (Fsp3) is 0.286. The van der Waals surface area contributed by atoms with Crippen LogP contribution in [-0.2, 0) is 11.3 Å². The second-order valence-electron chi connectivity index (χ2n) is 4.37. The third-order valence-electron chi connectivity index (χ3n) is 2.69. The maximum atomic E-state index is 11.6. The molecular weight excluding hydrogens is 290 g/mol. The molecule has 0 unspecified atom stereocenters. The Bertz CT molecular complexity index is 682. The molecule has 0 bridgehead atoms. The second-order valence-corrected chi connectivity index (χ2v) is 5.37. The molecule has 0 saturated heterocycles. The zero-order valence-corrected chi connectivity index (χ0v) is 12.8. The number of carbonyl (C=O) groups excluding carboxylic acids is 2. The number of thiazole rings is 1. The van der Waals surface area contributed by atoms with Crippen LogP contribution in [0.15, 0.2) is 18.2 Å². The molecule has 0 aliphatic rings. The molecule has 110 valence electrons. The molecule has 0 fully saturated rings. The first-order valence-corrected chi connectivity index (χ1v) is 7.09. The summed E-state index contributed by atoms with van der Waals surface area (Å²) in [6.45, 7) is 3.77. The smallest absolute Gasteiger partial charge is 0.358 e. The summed E-state index contributed by atoms with van der Waals surface area (Å²) in [5.74, 6) is -0.826. The predicted molar refractivity (Wildman–Crippen MR) is 79.8 cm³/mol. The Labute approximate surface area is 126 Å². The first kappa shape index (κ1) is 15.1. The molecule has 0 atom stereocenters. The van der Waals surface area contributed by atoms with E-state index >= 15 is 0 Å². The van der Waals surface area contributed by atoms with Crippen molar-refractivity contribution in [3.8, 4) is 0 Å². The molecule has 0 amide bonds. The molecule has 0 aliphatic heterocycles. The average molecular weight is 305 g/mol. The Morgan fingerprint density at radius 1 is 1.33 bits per heavy atom. The van der Waals surface area contributed by atoms with Crippen LogP contribution in [0.25, 0.3) is 0 Å². The number of nitrogens with zero attached hydrogens (tertiary/aromatic N) is 2. The number of pyridine rings is 1. The number of aromatic nitrogens is 2. The van der Waals surface area contributed by atoms with E-state index in [0.717, 1.165) is 22.7 Å². The van der Waals surface area contributed by atoms with Gasteiger partial charge in [-0.3, -0.25) is 9.78 Å². The lowest BCUT2D eigenvalue weighted by Crippen LogP contribution is -2.07. The number of methoxy groups -OCH3 is 1. The van der Waals surface area contributed by atoms with Crippen LogP contribution in [0.1, 0.15) is 38.5 Å². The van der Waals surface area contributed by atoms with Crippen molar-refractivity contribution in [3.05, 3.63) is 40.2 Å². The van der Waals surface area contributed by atoms with Gasteiger partial charge in [-0.1, -0.05) is 17.4 Å². The maximum absolute atomic E-state index is 11.6. The van der Waals surface area contributed by atoms with Crippen molar-refractivity contribution >= 4 is 28.2 Å². The second kappa shape index (κ2) is 6.45. The van der Waals surface area contributed by atoms with Crippen LogP contribution < -0.4 is 5.32 Å². The van der Waals surface area contributed by atoms with Crippen molar-refractivity contribution in [1.29, 1.82) is 0 Å². The Kier molecular flexibility index (Phi) is 4.64.